The first-order valence-corrected chi connectivity index (χ1v) is 14.7. The average Bonchev–Trinajstić information content (AvgIpc) is 2.94. The van der Waals surface area contributed by atoms with Crippen LogP contribution < -0.4 is 4.74 Å². The molecule has 0 aliphatic carbocycles. The third-order valence-corrected chi connectivity index (χ3v) is 8.13. The van der Waals surface area contributed by atoms with Crippen LogP contribution in [0.15, 0.2) is 114 Å². The van der Waals surface area contributed by atoms with Crippen molar-refractivity contribution >= 4 is 53.5 Å². The number of hydrogen-bond acceptors (Lipinski definition) is 3. The summed E-state index contributed by atoms with van der Waals surface area (Å²) < 4.78 is 6.89. The van der Waals surface area contributed by atoms with E-state index < -0.39 is 11.5 Å². The zero-order chi connectivity index (χ0) is 26.5. The van der Waals surface area contributed by atoms with Crippen molar-refractivity contribution in [2.45, 2.75) is 30.8 Å². The number of pyridine rings is 1. The fraction of sp³-hybridized carbons (Fsp3) is 0.182. The van der Waals surface area contributed by atoms with E-state index in [0.717, 1.165) is 61.0 Å². The molecule has 5 aromatic rings. The van der Waals surface area contributed by atoms with E-state index in [4.69, 9.17) is 9.72 Å². The molecule has 0 fully saturated rings. The van der Waals surface area contributed by atoms with Gasteiger partial charge in [0, 0.05) is 26.7 Å². The monoisotopic (exact) mass is 629 g/mol. The summed E-state index contributed by atoms with van der Waals surface area (Å²) in [6.07, 6.45) is 3.78. The number of alkyl halides is 1. The molecule has 1 aromatic heterocycles. The molecule has 38 heavy (non-hydrogen) atoms. The first-order chi connectivity index (χ1) is 18.5. The van der Waals surface area contributed by atoms with Crippen molar-refractivity contribution in [3.05, 3.63) is 131 Å². The highest BCUT2D eigenvalue weighted by atomic mass is 79.9. The molecular formula is C33H29Br2NO2. The molecule has 0 saturated heterocycles. The van der Waals surface area contributed by atoms with Gasteiger partial charge in [-0.2, -0.15) is 0 Å². The topological polar surface area (TPSA) is 42.4 Å². The minimum absolute atomic E-state index is 0.439. The minimum atomic E-state index is -1.23. The van der Waals surface area contributed by atoms with Gasteiger partial charge in [-0.1, -0.05) is 105 Å². The summed E-state index contributed by atoms with van der Waals surface area (Å²) >= 11 is 7.17. The molecule has 1 N–H and O–H groups in total. The normalized spacial score (nSPS) is 13.8. The predicted octanol–water partition coefficient (Wildman–Crippen LogP) is 9.26. The Balaban J connectivity index is 1.79. The number of fused-ring (bicyclic) bond motifs is 2. The number of nitrogens with zero attached hydrogens (tertiary/aromatic N) is 1. The Morgan fingerprint density at radius 1 is 0.868 bits per heavy atom. The maximum Gasteiger partial charge on any atom is 0.222 e. The standard InChI is InChI=1S/C33H29Br2NO2/c1-2-38-32-29(22-26-21-28(35)16-17-30(26)36-32)31(24-11-4-3-5-12-24)33(37,18-8-9-19-34)27-15-14-23-10-6-7-13-25(23)20-27/h2-7,10-17,20-22,31,37H,1,8-9,18-19H2. The molecule has 0 bridgehead atoms. The van der Waals surface area contributed by atoms with Crippen molar-refractivity contribution in [1.82, 2.24) is 4.98 Å². The van der Waals surface area contributed by atoms with Crippen LogP contribution in [-0.4, -0.2) is 15.4 Å². The summed E-state index contributed by atoms with van der Waals surface area (Å²) in [5.74, 6) is 0.00870. The van der Waals surface area contributed by atoms with Gasteiger partial charge in [-0.05, 0) is 71.5 Å². The largest absolute Gasteiger partial charge is 0.447 e. The molecule has 0 amide bonds. The minimum Gasteiger partial charge on any atom is -0.447 e. The zero-order valence-electron chi connectivity index (χ0n) is 21.0. The lowest BCUT2D eigenvalue weighted by Gasteiger charge is -2.38. The number of ether oxygens (including phenoxy) is 1. The molecule has 0 saturated carbocycles. The Kier molecular flexibility index (Phi) is 8.27. The lowest BCUT2D eigenvalue weighted by Crippen LogP contribution is -2.35. The van der Waals surface area contributed by atoms with Crippen molar-refractivity contribution < 1.29 is 9.84 Å². The Hall–Kier alpha value is -2.99. The van der Waals surface area contributed by atoms with Crippen LogP contribution in [0.2, 0.25) is 0 Å². The number of hydrogen-bond donors (Lipinski definition) is 1. The van der Waals surface area contributed by atoms with Gasteiger partial charge in [0.1, 0.15) is 5.60 Å². The molecule has 0 radical (unpaired) electrons. The van der Waals surface area contributed by atoms with Gasteiger partial charge in [0.15, 0.2) is 0 Å². The average molecular weight is 631 g/mol. The van der Waals surface area contributed by atoms with Crippen LogP contribution in [0.1, 0.15) is 41.9 Å². The van der Waals surface area contributed by atoms with E-state index in [1.54, 1.807) is 0 Å². The third kappa shape index (κ3) is 5.42. The highest BCUT2D eigenvalue weighted by molar-refractivity contribution is 9.10. The summed E-state index contributed by atoms with van der Waals surface area (Å²) in [6, 6.07) is 32.8. The van der Waals surface area contributed by atoms with Crippen LogP contribution >= 0.6 is 31.9 Å². The van der Waals surface area contributed by atoms with Crippen molar-refractivity contribution in [2.75, 3.05) is 5.33 Å². The van der Waals surface area contributed by atoms with Gasteiger partial charge in [-0.15, -0.1) is 0 Å². The van der Waals surface area contributed by atoms with Crippen LogP contribution in [0.5, 0.6) is 5.88 Å². The quantitative estimate of drug-likeness (QED) is 0.0950. The third-order valence-electron chi connectivity index (χ3n) is 7.08. The van der Waals surface area contributed by atoms with Crippen molar-refractivity contribution in [3.63, 3.8) is 0 Å². The first kappa shape index (κ1) is 26.6. The van der Waals surface area contributed by atoms with Gasteiger partial charge in [0.2, 0.25) is 5.88 Å². The predicted molar refractivity (Wildman–Crippen MR) is 164 cm³/mol. The molecule has 192 valence electrons. The second-order valence-electron chi connectivity index (χ2n) is 9.48. The van der Waals surface area contributed by atoms with Gasteiger partial charge in [-0.3, -0.25) is 0 Å². The van der Waals surface area contributed by atoms with Crippen molar-refractivity contribution in [1.29, 1.82) is 0 Å². The van der Waals surface area contributed by atoms with Gasteiger partial charge >= 0.3 is 0 Å². The molecule has 2 atom stereocenters. The molecular weight excluding hydrogens is 602 g/mol. The first-order valence-electron chi connectivity index (χ1n) is 12.7. The smallest absolute Gasteiger partial charge is 0.222 e. The van der Waals surface area contributed by atoms with Crippen LogP contribution in [0.25, 0.3) is 21.7 Å². The zero-order valence-corrected chi connectivity index (χ0v) is 24.2. The molecule has 4 aromatic carbocycles. The molecule has 2 unspecified atom stereocenters. The van der Waals surface area contributed by atoms with Crippen LogP contribution in [0, 0.1) is 0 Å². The maximum absolute atomic E-state index is 12.9. The molecule has 1 heterocycles. The van der Waals surface area contributed by atoms with Gasteiger partial charge in [-0.25, -0.2) is 4.98 Å². The number of benzene rings is 4. The SMILES string of the molecule is C=COc1nc2ccc(Br)cc2cc1C(c1ccccc1)C(O)(CCCCBr)c1ccc2ccccc2c1. The van der Waals surface area contributed by atoms with Crippen molar-refractivity contribution in [2.24, 2.45) is 0 Å². The summed E-state index contributed by atoms with van der Waals surface area (Å²) in [7, 11) is 0. The lowest BCUT2D eigenvalue weighted by atomic mass is 9.71. The van der Waals surface area contributed by atoms with Gasteiger partial charge < -0.3 is 9.84 Å². The Morgan fingerprint density at radius 3 is 2.39 bits per heavy atom. The number of aliphatic hydroxyl groups is 1. The number of halogens is 2. The maximum atomic E-state index is 12.9. The summed E-state index contributed by atoms with van der Waals surface area (Å²) in [5, 5.41) is 17.0. The van der Waals surface area contributed by atoms with Crippen LogP contribution in [-0.2, 0) is 5.60 Å². The van der Waals surface area contributed by atoms with Crippen LogP contribution in [0.3, 0.4) is 0 Å². The van der Waals surface area contributed by atoms with E-state index >= 15 is 0 Å². The molecule has 5 heteroatoms. The Bertz CT molecular complexity index is 1570. The van der Waals surface area contributed by atoms with Crippen LogP contribution in [0.4, 0.5) is 0 Å². The Labute approximate surface area is 240 Å². The molecule has 3 nitrogen and oxygen atoms in total. The molecule has 0 aliphatic heterocycles. The van der Waals surface area contributed by atoms with E-state index in [9.17, 15) is 5.11 Å². The second-order valence-corrected chi connectivity index (χ2v) is 11.2. The second kappa shape index (κ2) is 11.8. The summed E-state index contributed by atoms with van der Waals surface area (Å²) in [6.45, 7) is 3.80. The van der Waals surface area contributed by atoms with E-state index in [1.807, 2.05) is 48.5 Å². The lowest BCUT2D eigenvalue weighted by molar-refractivity contribution is 0.00775. The van der Waals surface area contributed by atoms with Gasteiger partial charge in [0.25, 0.3) is 0 Å². The van der Waals surface area contributed by atoms with E-state index in [2.05, 4.69) is 87.0 Å². The Morgan fingerprint density at radius 2 is 1.63 bits per heavy atom. The van der Waals surface area contributed by atoms with E-state index in [1.165, 1.54) is 6.26 Å². The molecule has 5 rings (SSSR count). The highest BCUT2D eigenvalue weighted by Crippen LogP contribution is 2.48. The number of unbranched alkanes of at least 4 members (excludes halogenated alkanes) is 1. The van der Waals surface area contributed by atoms with E-state index in [-0.39, 0.29) is 0 Å². The molecule has 0 spiro atoms. The fourth-order valence-electron chi connectivity index (χ4n) is 5.29. The number of rotatable bonds is 10. The van der Waals surface area contributed by atoms with Crippen molar-refractivity contribution in [3.8, 4) is 5.88 Å². The van der Waals surface area contributed by atoms with E-state index in [0.29, 0.717) is 12.3 Å². The summed E-state index contributed by atoms with van der Waals surface area (Å²) in [5.41, 5.74) is 2.27. The van der Waals surface area contributed by atoms with Gasteiger partial charge in [0.05, 0.1) is 11.8 Å². The summed E-state index contributed by atoms with van der Waals surface area (Å²) in [4.78, 5) is 4.87. The highest BCUT2D eigenvalue weighted by Gasteiger charge is 2.42. The number of aromatic nitrogens is 1. The fourth-order valence-corrected chi connectivity index (χ4v) is 6.06. The molecule has 0 aliphatic rings.